The molecule has 0 fully saturated rings. The van der Waals surface area contributed by atoms with Gasteiger partial charge in [-0.15, -0.1) is 0 Å². The largest absolute Gasteiger partial charge is 0.394 e. The number of aromatic nitrogens is 1. The molecule has 1 aromatic heterocycles. The highest BCUT2D eigenvalue weighted by Gasteiger charge is 2.25. The van der Waals surface area contributed by atoms with E-state index in [2.05, 4.69) is 10.3 Å². The predicted octanol–water partition coefficient (Wildman–Crippen LogP) is 2.02. The molecule has 0 radical (unpaired) electrons. The van der Waals surface area contributed by atoms with Crippen molar-refractivity contribution < 1.29 is 10.0 Å². The van der Waals surface area contributed by atoms with Crippen molar-refractivity contribution in [1.82, 2.24) is 4.98 Å². The summed E-state index contributed by atoms with van der Waals surface area (Å²) < 4.78 is 0. The highest BCUT2D eigenvalue weighted by atomic mass is 16.6. The van der Waals surface area contributed by atoms with Crippen molar-refractivity contribution in [2.75, 3.05) is 30.4 Å². The van der Waals surface area contributed by atoms with Gasteiger partial charge in [-0.25, -0.2) is 4.98 Å². The number of hydrogen-bond acceptors (Lipinski definition) is 6. The summed E-state index contributed by atoms with van der Waals surface area (Å²) >= 11 is 0. The fraction of sp³-hybridized carbons (Fsp3) is 0.615. The Hall–Kier alpha value is -1.89. The van der Waals surface area contributed by atoms with Gasteiger partial charge in [0.1, 0.15) is 11.6 Å². The van der Waals surface area contributed by atoms with Crippen LogP contribution >= 0.6 is 0 Å². The minimum Gasteiger partial charge on any atom is -0.394 e. The number of rotatable bonds is 7. The summed E-state index contributed by atoms with van der Waals surface area (Å²) in [6, 6.07) is 2.83. The van der Waals surface area contributed by atoms with Crippen LogP contribution in [-0.2, 0) is 0 Å². The number of nitro groups is 1. The van der Waals surface area contributed by atoms with Gasteiger partial charge in [-0.05, 0) is 20.3 Å². The molecule has 0 aliphatic carbocycles. The number of hydrogen-bond donors (Lipinski definition) is 2. The Kier molecular flexibility index (Phi) is 5.26. The molecular formula is C13H22N4O3. The molecule has 1 heterocycles. The van der Waals surface area contributed by atoms with Crippen LogP contribution in [0.1, 0.15) is 27.2 Å². The maximum atomic E-state index is 11.0. The zero-order valence-electron chi connectivity index (χ0n) is 12.4. The van der Waals surface area contributed by atoms with Gasteiger partial charge < -0.3 is 15.3 Å². The zero-order valence-corrected chi connectivity index (χ0v) is 12.4. The normalized spacial score (nSPS) is 11.2. The summed E-state index contributed by atoms with van der Waals surface area (Å²) in [5.74, 6) is 0.925. The molecular weight excluding hydrogens is 260 g/mol. The highest BCUT2D eigenvalue weighted by molar-refractivity contribution is 5.56. The molecule has 1 rings (SSSR count). The molecule has 0 saturated heterocycles. The van der Waals surface area contributed by atoms with E-state index in [1.54, 1.807) is 11.9 Å². The highest BCUT2D eigenvalue weighted by Crippen LogP contribution is 2.26. The Morgan fingerprint density at radius 2 is 2.15 bits per heavy atom. The van der Waals surface area contributed by atoms with Crippen LogP contribution in [0.2, 0.25) is 0 Å². The molecule has 20 heavy (non-hydrogen) atoms. The Bertz CT molecular complexity index is 477. The molecule has 0 amide bonds. The quantitative estimate of drug-likeness (QED) is 0.587. The van der Waals surface area contributed by atoms with Crippen molar-refractivity contribution in [2.45, 2.75) is 32.7 Å². The monoisotopic (exact) mass is 282 g/mol. The molecule has 0 aliphatic rings. The van der Waals surface area contributed by atoms with Crippen LogP contribution in [-0.4, -0.2) is 40.8 Å². The molecule has 7 nitrogen and oxygen atoms in total. The average Bonchev–Trinajstić information content (AvgIpc) is 2.43. The summed E-state index contributed by atoms with van der Waals surface area (Å²) in [6.07, 6.45) is 0.900. The first-order chi connectivity index (χ1) is 9.31. The lowest BCUT2D eigenvalue weighted by atomic mass is 10.1. The number of anilines is 2. The smallest absolute Gasteiger partial charge is 0.276 e. The Morgan fingerprint density at radius 1 is 1.50 bits per heavy atom. The summed E-state index contributed by atoms with van der Waals surface area (Å²) in [7, 11) is 1.76. The lowest BCUT2D eigenvalue weighted by molar-refractivity contribution is -0.384. The number of aliphatic hydroxyl groups is 1. The van der Waals surface area contributed by atoms with Crippen molar-refractivity contribution >= 4 is 17.3 Å². The minimum absolute atomic E-state index is 0.0193. The van der Waals surface area contributed by atoms with Gasteiger partial charge in [0.15, 0.2) is 0 Å². The minimum atomic E-state index is -0.551. The van der Waals surface area contributed by atoms with E-state index in [4.69, 9.17) is 0 Å². The third kappa shape index (κ3) is 3.80. The molecule has 0 unspecified atom stereocenters. The molecule has 0 saturated carbocycles. The van der Waals surface area contributed by atoms with Crippen LogP contribution in [0.4, 0.5) is 17.3 Å². The average molecular weight is 282 g/mol. The Labute approximate surface area is 118 Å². The molecule has 1 aromatic rings. The summed E-state index contributed by atoms with van der Waals surface area (Å²) in [5.41, 5.74) is -0.571. The zero-order chi connectivity index (χ0) is 15.3. The summed E-state index contributed by atoms with van der Waals surface area (Å²) in [6.45, 7) is 6.30. The third-order valence-corrected chi connectivity index (χ3v) is 3.20. The molecule has 7 heteroatoms. The molecule has 0 aliphatic heterocycles. The van der Waals surface area contributed by atoms with Gasteiger partial charge in [-0.3, -0.25) is 10.1 Å². The number of likely N-dealkylation sites (N-methyl/N-ethyl adjacent to an activating group) is 1. The second-order valence-corrected chi connectivity index (χ2v) is 5.28. The maximum Gasteiger partial charge on any atom is 0.276 e. The third-order valence-electron chi connectivity index (χ3n) is 3.20. The van der Waals surface area contributed by atoms with E-state index in [0.717, 1.165) is 6.42 Å². The standard InChI is InChI=1S/C13H22N4O3/c1-5-6-14-11-7-10(17(19)20)8-12(15-11)16(4)13(2,3)9-18/h7-8,18H,5-6,9H2,1-4H3,(H,14,15). The maximum absolute atomic E-state index is 11.0. The van der Waals surface area contributed by atoms with Crippen LogP contribution < -0.4 is 10.2 Å². The van der Waals surface area contributed by atoms with Crippen LogP contribution in [0.15, 0.2) is 12.1 Å². The summed E-state index contributed by atoms with van der Waals surface area (Å²) in [4.78, 5) is 16.7. The Balaban J connectivity index is 3.17. The predicted molar refractivity (Wildman–Crippen MR) is 79.2 cm³/mol. The second-order valence-electron chi connectivity index (χ2n) is 5.28. The fourth-order valence-electron chi connectivity index (χ4n) is 1.54. The first kappa shape index (κ1) is 16.2. The van der Waals surface area contributed by atoms with Gasteiger partial charge in [0, 0.05) is 13.6 Å². The summed E-state index contributed by atoms with van der Waals surface area (Å²) in [5, 5.41) is 23.4. The van der Waals surface area contributed by atoms with Gasteiger partial charge in [0.2, 0.25) is 0 Å². The van der Waals surface area contributed by atoms with Crippen LogP contribution in [0, 0.1) is 10.1 Å². The van der Waals surface area contributed by atoms with Crippen molar-refractivity contribution in [3.8, 4) is 0 Å². The second kappa shape index (κ2) is 6.51. The number of nitrogens with zero attached hydrogens (tertiary/aromatic N) is 3. The van der Waals surface area contributed by atoms with Crippen molar-refractivity contribution in [3.63, 3.8) is 0 Å². The van der Waals surface area contributed by atoms with Crippen LogP contribution in [0.3, 0.4) is 0 Å². The molecule has 0 atom stereocenters. The van der Waals surface area contributed by atoms with E-state index >= 15 is 0 Å². The van der Waals surface area contributed by atoms with E-state index in [-0.39, 0.29) is 12.3 Å². The SMILES string of the molecule is CCCNc1cc([N+](=O)[O-])cc(N(C)C(C)(C)CO)n1. The van der Waals surface area contributed by atoms with E-state index in [1.807, 2.05) is 20.8 Å². The molecule has 0 spiro atoms. The first-order valence-electron chi connectivity index (χ1n) is 6.57. The lowest BCUT2D eigenvalue weighted by Gasteiger charge is -2.34. The first-order valence-corrected chi connectivity index (χ1v) is 6.57. The van der Waals surface area contributed by atoms with E-state index < -0.39 is 10.5 Å². The van der Waals surface area contributed by atoms with E-state index in [0.29, 0.717) is 18.2 Å². The lowest BCUT2D eigenvalue weighted by Crippen LogP contribution is -2.44. The number of pyridine rings is 1. The number of nitrogens with one attached hydrogen (secondary N) is 1. The van der Waals surface area contributed by atoms with Crippen molar-refractivity contribution in [2.24, 2.45) is 0 Å². The van der Waals surface area contributed by atoms with Crippen LogP contribution in [0.5, 0.6) is 0 Å². The van der Waals surface area contributed by atoms with Gasteiger partial charge in [-0.1, -0.05) is 6.92 Å². The molecule has 0 bridgehead atoms. The topological polar surface area (TPSA) is 91.5 Å². The molecule has 112 valence electrons. The van der Waals surface area contributed by atoms with Gasteiger partial charge >= 0.3 is 0 Å². The van der Waals surface area contributed by atoms with Crippen LogP contribution in [0.25, 0.3) is 0 Å². The van der Waals surface area contributed by atoms with Gasteiger partial charge in [-0.2, -0.15) is 0 Å². The van der Waals surface area contributed by atoms with Gasteiger partial charge in [0.05, 0.1) is 29.2 Å². The fourth-order valence-corrected chi connectivity index (χ4v) is 1.54. The van der Waals surface area contributed by atoms with E-state index in [9.17, 15) is 15.2 Å². The number of aliphatic hydroxyl groups excluding tert-OH is 1. The van der Waals surface area contributed by atoms with Crippen molar-refractivity contribution in [3.05, 3.63) is 22.2 Å². The molecule has 0 aromatic carbocycles. The Morgan fingerprint density at radius 3 is 2.65 bits per heavy atom. The van der Waals surface area contributed by atoms with E-state index in [1.165, 1.54) is 12.1 Å². The molecule has 2 N–H and O–H groups in total. The van der Waals surface area contributed by atoms with Gasteiger partial charge in [0.25, 0.3) is 5.69 Å². The van der Waals surface area contributed by atoms with Crippen molar-refractivity contribution in [1.29, 1.82) is 0 Å².